The number of hydrogen-bond acceptors (Lipinski definition) is 4. The van der Waals surface area contributed by atoms with Gasteiger partial charge in [0, 0.05) is 17.5 Å². The molecule has 1 amide bonds. The normalized spacial score (nSPS) is 17.4. The zero-order valence-corrected chi connectivity index (χ0v) is 16.4. The largest absolute Gasteiger partial charge is 0.493 e. The van der Waals surface area contributed by atoms with E-state index in [2.05, 4.69) is 19.2 Å². The first-order chi connectivity index (χ1) is 13.1. The number of para-hydroxylation sites is 1. The van der Waals surface area contributed by atoms with Crippen LogP contribution in [0.5, 0.6) is 17.2 Å². The lowest BCUT2D eigenvalue weighted by Crippen LogP contribution is -2.44. The molecule has 0 saturated carbocycles. The monoisotopic (exact) mass is 369 g/mol. The molecule has 1 heterocycles. The summed E-state index contributed by atoms with van der Waals surface area (Å²) in [6, 6.07) is 13.0. The van der Waals surface area contributed by atoms with Crippen LogP contribution in [0.4, 0.5) is 0 Å². The van der Waals surface area contributed by atoms with Gasteiger partial charge in [-0.05, 0) is 37.1 Å². The van der Waals surface area contributed by atoms with Gasteiger partial charge in [-0.3, -0.25) is 4.79 Å². The summed E-state index contributed by atoms with van der Waals surface area (Å²) in [5.41, 5.74) is 1.29. The van der Waals surface area contributed by atoms with Crippen molar-refractivity contribution in [3.63, 3.8) is 0 Å². The van der Waals surface area contributed by atoms with E-state index in [9.17, 15) is 4.79 Å². The van der Waals surface area contributed by atoms with E-state index < -0.39 is 0 Å². The van der Waals surface area contributed by atoms with Gasteiger partial charge < -0.3 is 19.5 Å². The lowest BCUT2D eigenvalue weighted by atomic mass is 9.83. The van der Waals surface area contributed by atoms with Crippen LogP contribution in [0, 0.1) is 0 Å². The van der Waals surface area contributed by atoms with E-state index in [-0.39, 0.29) is 17.6 Å². The summed E-state index contributed by atoms with van der Waals surface area (Å²) in [6.45, 7) is 4.26. The number of carbonyl (C=O) groups excluding carboxylic acids is 1. The van der Waals surface area contributed by atoms with E-state index >= 15 is 0 Å². The van der Waals surface area contributed by atoms with Crippen LogP contribution in [-0.2, 0) is 0 Å². The van der Waals surface area contributed by atoms with Crippen molar-refractivity contribution in [2.45, 2.75) is 44.8 Å². The molecule has 0 radical (unpaired) electrons. The molecule has 2 aromatic rings. The topological polar surface area (TPSA) is 56.8 Å². The van der Waals surface area contributed by atoms with E-state index in [1.807, 2.05) is 24.3 Å². The molecule has 0 unspecified atom stereocenters. The Labute approximate surface area is 160 Å². The van der Waals surface area contributed by atoms with E-state index in [0.29, 0.717) is 17.1 Å². The molecular weight excluding hydrogens is 342 g/mol. The van der Waals surface area contributed by atoms with Crippen LogP contribution in [0.25, 0.3) is 0 Å². The van der Waals surface area contributed by atoms with Crippen molar-refractivity contribution >= 4 is 5.91 Å². The first kappa shape index (κ1) is 19.1. The number of fused-ring (bicyclic) bond motifs is 1. The van der Waals surface area contributed by atoms with Crippen LogP contribution in [0.3, 0.4) is 0 Å². The van der Waals surface area contributed by atoms with Gasteiger partial charge in [-0.15, -0.1) is 0 Å². The fraction of sp³-hybridized carbons (Fsp3) is 0.409. The van der Waals surface area contributed by atoms with Gasteiger partial charge in [0.25, 0.3) is 5.91 Å². The van der Waals surface area contributed by atoms with Crippen molar-refractivity contribution in [2.24, 2.45) is 0 Å². The number of nitrogens with one attached hydrogen (secondary N) is 1. The van der Waals surface area contributed by atoms with Gasteiger partial charge in [0.1, 0.15) is 11.4 Å². The maximum absolute atomic E-state index is 12.9. The Hall–Kier alpha value is -2.69. The molecule has 3 rings (SSSR count). The lowest BCUT2D eigenvalue weighted by molar-refractivity contribution is 0.0227. The standard InChI is InChI=1S/C22H27NO4/c1-5-22(6-2)14-17(16-9-7-8-10-18(16)27-22)23-21(24)15-11-12-19(25-3)20(13-15)26-4/h7-13,17H,5-6,14H2,1-4H3,(H,23,24)/t17-/m0/s1. The van der Waals surface area contributed by atoms with Crippen LogP contribution in [0.1, 0.15) is 55.1 Å². The van der Waals surface area contributed by atoms with Crippen molar-refractivity contribution in [1.29, 1.82) is 0 Å². The van der Waals surface area contributed by atoms with Crippen LogP contribution in [-0.4, -0.2) is 25.7 Å². The summed E-state index contributed by atoms with van der Waals surface area (Å²) in [7, 11) is 3.14. The molecule has 5 nitrogen and oxygen atoms in total. The number of amides is 1. The average Bonchev–Trinajstić information content (AvgIpc) is 2.72. The van der Waals surface area contributed by atoms with Gasteiger partial charge >= 0.3 is 0 Å². The Kier molecular flexibility index (Phi) is 5.59. The minimum atomic E-state index is -0.260. The zero-order chi connectivity index (χ0) is 19.4. The second kappa shape index (κ2) is 7.91. The molecule has 144 valence electrons. The Morgan fingerprint density at radius 3 is 2.48 bits per heavy atom. The smallest absolute Gasteiger partial charge is 0.251 e. The second-order valence-electron chi connectivity index (χ2n) is 6.83. The second-order valence-corrected chi connectivity index (χ2v) is 6.83. The minimum Gasteiger partial charge on any atom is -0.493 e. The maximum Gasteiger partial charge on any atom is 0.251 e. The number of ether oxygens (including phenoxy) is 3. The predicted molar refractivity (Wildman–Crippen MR) is 105 cm³/mol. The molecule has 0 fully saturated rings. The summed E-state index contributed by atoms with van der Waals surface area (Å²) in [5.74, 6) is 1.85. The zero-order valence-electron chi connectivity index (χ0n) is 16.4. The van der Waals surface area contributed by atoms with Gasteiger partial charge in [0.2, 0.25) is 0 Å². The third-order valence-corrected chi connectivity index (χ3v) is 5.44. The first-order valence-electron chi connectivity index (χ1n) is 9.36. The summed E-state index contributed by atoms with van der Waals surface area (Å²) in [5, 5.41) is 3.19. The van der Waals surface area contributed by atoms with Crippen LogP contribution >= 0.6 is 0 Å². The molecule has 0 bridgehead atoms. The summed E-state index contributed by atoms with van der Waals surface area (Å²) in [4.78, 5) is 12.9. The molecule has 1 N–H and O–H groups in total. The Balaban J connectivity index is 1.88. The molecule has 0 spiro atoms. The SMILES string of the molecule is CCC1(CC)C[C@H](NC(=O)c2ccc(OC)c(OC)c2)c2ccccc2O1. The highest BCUT2D eigenvalue weighted by Crippen LogP contribution is 2.42. The lowest BCUT2D eigenvalue weighted by Gasteiger charge is -2.41. The molecule has 0 aromatic heterocycles. The molecule has 1 atom stereocenters. The molecule has 1 aliphatic rings. The van der Waals surface area contributed by atoms with Crippen LogP contribution < -0.4 is 19.5 Å². The number of hydrogen-bond donors (Lipinski definition) is 1. The highest BCUT2D eigenvalue weighted by Gasteiger charge is 2.39. The quantitative estimate of drug-likeness (QED) is 0.814. The minimum absolute atomic E-state index is 0.101. The van der Waals surface area contributed by atoms with E-state index in [1.54, 1.807) is 32.4 Å². The van der Waals surface area contributed by atoms with E-state index in [1.165, 1.54) is 0 Å². The van der Waals surface area contributed by atoms with Crippen LogP contribution in [0.2, 0.25) is 0 Å². The van der Waals surface area contributed by atoms with Crippen LogP contribution in [0.15, 0.2) is 42.5 Å². The van der Waals surface area contributed by atoms with Crippen molar-refractivity contribution in [1.82, 2.24) is 5.32 Å². The number of carbonyl (C=O) groups is 1. The fourth-order valence-electron chi connectivity index (χ4n) is 3.65. The van der Waals surface area contributed by atoms with E-state index in [0.717, 1.165) is 30.6 Å². The number of benzene rings is 2. The first-order valence-corrected chi connectivity index (χ1v) is 9.36. The van der Waals surface area contributed by atoms with E-state index in [4.69, 9.17) is 14.2 Å². The van der Waals surface area contributed by atoms with Crippen molar-refractivity contribution in [3.05, 3.63) is 53.6 Å². The molecule has 1 aliphatic heterocycles. The molecule has 27 heavy (non-hydrogen) atoms. The third-order valence-electron chi connectivity index (χ3n) is 5.44. The van der Waals surface area contributed by atoms with Gasteiger partial charge in [-0.1, -0.05) is 32.0 Å². The van der Waals surface area contributed by atoms with Crippen molar-refractivity contribution in [2.75, 3.05) is 14.2 Å². The third kappa shape index (κ3) is 3.72. The van der Waals surface area contributed by atoms with Gasteiger partial charge in [0.05, 0.1) is 20.3 Å². The fourth-order valence-corrected chi connectivity index (χ4v) is 3.65. The summed E-state index contributed by atoms with van der Waals surface area (Å²) >= 11 is 0. The maximum atomic E-state index is 12.9. The Morgan fingerprint density at radius 1 is 1.11 bits per heavy atom. The number of methoxy groups -OCH3 is 2. The Morgan fingerprint density at radius 2 is 1.81 bits per heavy atom. The van der Waals surface area contributed by atoms with Gasteiger partial charge in [-0.2, -0.15) is 0 Å². The highest BCUT2D eigenvalue weighted by molar-refractivity contribution is 5.95. The highest BCUT2D eigenvalue weighted by atomic mass is 16.5. The van der Waals surface area contributed by atoms with Crippen molar-refractivity contribution in [3.8, 4) is 17.2 Å². The average molecular weight is 369 g/mol. The molecule has 2 aromatic carbocycles. The molecule has 0 aliphatic carbocycles. The van der Waals surface area contributed by atoms with Gasteiger partial charge in [0.15, 0.2) is 11.5 Å². The molecule has 0 saturated heterocycles. The Bertz CT molecular complexity index is 814. The molecular formula is C22H27NO4. The van der Waals surface area contributed by atoms with Crippen molar-refractivity contribution < 1.29 is 19.0 Å². The summed E-state index contributed by atoms with van der Waals surface area (Å²) < 4.78 is 16.9. The van der Waals surface area contributed by atoms with Gasteiger partial charge in [-0.25, -0.2) is 0 Å². The molecule has 5 heteroatoms. The summed E-state index contributed by atoms with van der Waals surface area (Å²) in [6.07, 6.45) is 2.52. The number of rotatable bonds is 6. The predicted octanol–water partition coefficient (Wildman–Crippen LogP) is 4.52.